The molecule has 0 saturated heterocycles. The summed E-state index contributed by atoms with van der Waals surface area (Å²) >= 11 is 0. The van der Waals surface area contributed by atoms with Gasteiger partial charge in [-0.3, -0.25) is 0 Å². The zero-order chi connectivity index (χ0) is 19.4. The molecule has 0 fully saturated rings. The zero-order valence-electron chi connectivity index (χ0n) is 17.2. The highest BCUT2D eigenvalue weighted by Gasteiger charge is 2.26. The molecule has 0 unspecified atom stereocenters. The van der Waals surface area contributed by atoms with Crippen LogP contribution in [-0.2, 0) is 10.0 Å². The van der Waals surface area contributed by atoms with Gasteiger partial charge in [-0.05, 0) is 61.5 Å². The Kier molecular flexibility index (Phi) is 8.10. The van der Waals surface area contributed by atoms with E-state index >= 15 is 0 Å². The van der Waals surface area contributed by atoms with Crippen molar-refractivity contribution in [2.24, 2.45) is 0 Å². The van der Waals surface area contributed by atoms with E-state index in [4.69, 9.17) is 0 Å². The third-order valence-corrected chi connectivity index (χ3v) is 6.02. The molecule has 0 aliphatic rings. The van der Waals surface area contributed by atoms with E-state index in [0.29, 0.717) is 17.4 Å². The zero-order valence-corrected chi connectivity index (χ0v) is 18.0. The van der Waals surface area contributed by atoms with E-state index in [9.17, 15) is 8.42 Å². The predicted molar refractivity (Wildman–Crippen MR) is 107 cm³/mol. The third-order valence-electron chi connectivity index (χ3n) is 4.42. The molecular weight excluding hydrogens is 332 g/mol. The SMILES string of the molecule is CC(C)c1cc(C(C)C)c(S(=O)(=O)NCCCN(C)C)c(C(C)C)c1. The first-order valence-electron chi connectivity index (χ1n) is 9.29. The molecule has 0 saturated carbocycles. The van der Waals surface area contributed by atoms with Crippen LogP contribution >= 0.6 is 0 Å². The lowest BCUT2D eigenvalue weighted by Gasteiger charge is -2.23. The van der Waals surface area contributed by atoms with Gasteiger partial charge in [0.15, 0.2) is 0 Å². The number of benzene rings is 1. The van der Waals surface area contributed by atoms with Crippen molar-refractivity contribution >= 4 is 10.0 Å². The monoisotopic (exact) mass is 368 g/mol. The first kappa shape index (κ1) is 22.1. The second kappa shape index (κ2) is 9.15. The van der Waals surface area contributed by atoms with Gasteiger partial charge in [0, 0.05) is 6.54 Å². The smallest absolute Gasteiger partial charge is 0.241 e. The fourth-order valence-corrected chi connectivity index (χ4v) is 4.64. The van der Waals surface area contributed by atoms with Gasteiger partial charge in [-0.1, -0.05) is 53.7 Å². The molecule has 0 spiro atoms. The van der Waals surface area contributed by atoms with Gasteiger partial charge in [0.25, 0.3) is 0 Å². The standard InChI is InChI=1S/C20H36N2O2S/c1-14(2)17-12-18(15(3)4)20(19(13-17)16(5)6)25(23,24)21-10-9-11-22(7)8/h12-16,21H,9-11H2,1-8H3. The van der Waals surface area contributed by atoms with Gasteiger partial charge in [0.05, 0.1) is 4.90 Å². The average Bonchev–Trinajstić information content (AvgIpc) is 2.49. The van der Waals surface area contributed by atoms with Crippen LogP contribution in [0.5, 0.6) is 0 Å². The summed E-state index contributed by atoms with van der Waals surface area (Å²) in [6, 6.07) is 4.16. The van der Waals surface area contributed by atoms with E-state index in [2.05, 4.69) is 63.3 Å². The summed E-state index contributed by atoms with van der Waals surface area (Å²) in [6.07, 6.45) is 0.796. The minimum atomic E-state index is -3.52. The van der Waals surface area contributed by atoms with Crippen molar-refractivity contribution in [1.82, 2.24) is 9.62 Å². The van der Waals surface area contributed by atoms with Crippen LogP contribution in [0, 0.1) is 0 Å². The van der Waals surface area contributed by atoms with Crippen molar-refractivity contribution in [3.63, 3.8) is 0 Å². The van der Waals surface area contributed by atoms with Crippen LogP contribution in [-0.4, -0.2) is 40.5 Å². The Morgan fingerprint density at radius 1 is 0.920 bits per heavy atom. The van der Waals surface area contributed by atoms with E-state index in [1.54, 1.807) is 0 Å². The Morgan fingerprint density at radius 3 is 1.76 bits per heavy atom. The highest BCUT2D eigenvalue weighted by Crippen LogP contribution is 2.34. The van der Waals surface area contributed by atoms with Gasteiger partial charge in [0.2, 0.25) is 10.0 Å². The van der Waals surface area contributed by atoms with Gasteiger partial charge in [-0.25, -0.2) is 13.1 Å². The first-order chi connectivity index (χ1) is 11.5. The Labute approximate surface area is 155 Å². The second-order valence-electron chi connectivity index (χ2n) is 8.05. The molecule has 5 heteroatoms. The van der Waals surface area contributed by atoms with Crippen LogP contribution in [0.25, 0.3) is 0 Å². The van der Waals surface area contributed by atoms with Crippen molar-refractivity contribution in [3.8, 4) is 0 Å². The maximum Gasteiger partial charge on any atom is 0.241 e. The number of hydrogen-bond acceptors (Lipinski definition) is 3. The number of sulfonamides is 1. The molecular formula is C20H36N2O2S. The molecule has 144 valence electrons. The summed E-state index contributed by atoms with van der Waals surface area (Å²) < 4.78 is 29.0. The molecule has 4 nitrogen and oxygen atoms in total. The highest BCUT2D eigenvalue weighted by molar-refractivity contribution is 7.89. The van der Waals surface area contributed by atoms with E-state index in [-0.39, 0.29) is 11.8 Å². The maximum atomic E-state index is 13.1. The van der Waals surface area contributed by atoms with Crippen molar-refractivity contribution in [1.29, 1.82) is 0 Å². The maximum absolute atomic E-state index is 13.1. The van der Waals surface area contributed by atoms with Crippen LogP contribution in [0.3, 0.4) is 0 Å². The number of hydrogen-bond donors (Lipinski definition) is 1. The summed E-state index contributed by atoms with van der Waals surface area (Å²) in [5, 5.41) is 0. The van der Waals surface area contributed by atoms with Gasteiger partial charge in [0.1, 0.15) is 0 Å². The molecule has 1 N–H and O–H groups in total. The van der Waals surface area contributed by atoms with Crippen molar-refractivity contribution in [2.75, 3.05) is 27.2 Å². The molecule has 1 rings (SSSR count). The summed E-state index contributed by atoms with van der Waals surface area (Å²) in [5.41, 5.74) is 3.06. The Morgan fingerprint density at radius 2 is 1.40 bits per heavy atom. The molecule has 0 bridgehead atoms. The second-order valence-corrected chi connectivity index (χ2v) is 9.75. The van der Waals surface area contributed by atoms with E-state index in [1.165, 1.54) is 5.56 Å². The quantitative estimate of drug-likeness (QED) is 0.662. The van der Waals surface area contributed by atoms with Crippen LogP contribution in [0.1, 0.15) is 82.4 Å². The molecule has 25 heavy (non-hydrogen) atoms. The third kappa shape index (κ3) is 6.08. The summed E-state index contributed by atoms with van der Waals surface area (Å²) in [7, 11) is 0.465. The number of nitrogens with zero attached hydrogens (tertiary/aromatic N) is 1. The van der Waals surface area contributed by atoms with Crippen LogP contribution in [0.2, 0.25) is 0 Å². The normalized spacial score (nSPS) is 12.8. The van der Waals surface area contributed by atoms with Crippen molar-refractivity contribution in [2.45, 2.75) is 70.6 Å². The van der Waals surface area contributed by atoms with Crippen molar-refractivity contribution in [3.05, 3.63) is 28.8 Å². The molecule has 0 atom stereocenters. The minimum Gasteiger partial charge on any atom is -0.309 e. The molecule has 1 aromatic rings. The molecule has 0 heterocycles. The highest BCUT2D eigenvalue weighted by atomic mass is 32.2. The number of nitrogens with one attached hydrogen (secondary N) is 1. The van der Waals surface area contributed by atoms with Crippen LogP contribution in [0.4, 0.5) is 0 Å². The van der Waals surface area contributed by atoms with Gasteiger partial charge in [-0.2, -0.15) is 0 Å². The summed E-state index contributed by atoms with van der Waals surface area (Å²) in [6.45, 7) is 13.9. The predicted octanol–water partition coefficient (Wildman–Crippen LogP) is 4.29. The van der Waals surface area contributed by atoms with Gasteiger partial charge >= 0.3 is 0 Å². The average molecular weight is 369 g/mol. The summed E-state index contributed by atoms with van der Waals surface area (Å²) in [5.74, 6) is 0.689. The Balaban J connectivity index is 3.35. The number of rotatable bonds is 9. The van der Waals surface area contributed by atoms with Gasteiger partial charge in [-0.15, -0.1) is 0 Å². The topological polar surface area (TPSA) is 49.4 Å². The molecule has 0 aliphatic carbocycles. The fraction of sp³-hybridized carbons (Fsp3) is 0.700. The van der Waals surface area contributed by atoms with Crippen LogP contribution < -0.4 is 4.72 Å². The van der Waals surface area contributed by atoms with Gasteiger partial charge < -0.3 is 4.90 Å². The van der Waals surface area contributed by atoms with Crippen molar-refractivity contribution < 1.29 is 8.42 Å². The lowest BCUT2D eigenvalue weighted by Crippen LogP contribution is -2.29. The molecule has 0 amide bonds. The minimum absolute atomic E-state index is 0.157. The molecule has 0 aliphatic heterocycles. The Bertz CT molecular complexity index is 633. The Hall–Kier alpha value is -0.910. The summed E-state index contributed by atoms with van der Waals surface area (Å²) in [4.78, 5) is 2.55. The van der Waals surface area contributed by atoms with E-state index in [1.807, 2.05) is 14.1 Å². The fourth-order valence-electron chi connectivity index (χ4n) is 2.87. The van der Waals surface area contributed by atoms with E-state index < -0.39 is 10.0 Å². The lowest BCUT2D eigenvalue weighted by atomic mass is 9.89. The molecule has 0 aromatic heterocycles. The molecule has 0 radical (unpaired) electrons. The lowest BCUT2D eigenvalue weighted by molar-refractivity contribution is 0.400. The molecule has 1 aromatic carbocycles. The van der Waals surface area contributed by atoms with Crippen LogP contribution in [0.15, 0.2) is 17.0 Å². The van der Waals surface area contributed by atoms with E-state index in [0.717, 1.165) is 24.1 Å². The first-order valence-corrected chi connectivity index (χ1v) is 10.8. The largest absolute Gasteiger partial charge is 0.309 e.